The molecule has 4 nitrogen and oxygen atoms in total. The standard InChI is InChI=1S/C15H16FN3O/c1-10(11-6-3-4-7-12(11)16)19(2)15(20)13-8-5-9-14(17)18-13/h3-10H,1-2H3,(H2,17,18). The summed E-state index contributed by atoms with van der Waals surface area (Å²) in [7, 11) is 1.62. The van der Waals surface area contributed by atoms with Crippen molar-refractivity contribution < 1.29 is 9.18 Å². The number of carbonyl (C=O) groups excluding carboxylic acids is 1. The Morgan fingerprint density at radius 1 is 1.25 bits per heavy atom. The Morgan fingerprint density at radius 3 is 2.60 bits per heavy atom. The van der Waals surface area contributed by atoms with Gasteiger partial charge >= 0.3 is 0 Å². The van der Waals surface area contributed by atoms with Crippen LogP contribution in [0.2, 0.25) is 0 Å². The number of carbonyl (C=O) groups is 1. The van der Waals surface area contributed by atoms with Gasteiger partial charge in [-0.1, -0.05) is 24.3 Å². The lowest BCUT2D eigenvalue weighted by Crippen LogP contribution is -2.30. The molecule has 0 aliphatic heterocycles. The molecule has 1 amide bonds. The predicted octanol–water partition coefficient (Wildman–Crippen LogP) is 2.64. The van der Waals surface area contributed by atoms with E-state index in [0.717, 1.165) is 0 Å². The number of rotatable bonds is 3. The molecule has 1 heterocycles. The van der Waals surface area contributed by atoms with Crippen LogP contribution in [-0.2, 0) is 0 Å². The molecule has 2 aromatic rings. The van der Waals surface area contributed by atoms with Gasteiger partial charge in [0.2, 0.25) is 0 Å². The van der Waals surface area contributed by atoms with Crippen molar-refractivity contribution in [2.75, 3.05) is 12.8 Å². The van der Waals surface area contributed by atoms with Crippen LogP contribution in [0.5, 0.6) is 0 Å². The molecule has 1 aromatic carbocycles. The average Bonchev–Trinajstić information content (AvgIpc) is 2.45. The lowest BCUT2D eigenvalue weighted by molar-refractivity contribution is 0.0734. The zero-order chi connectivity index (χ0) is 14.7. The summed E-state index contributed by atoms with van der Waals surface area (Å²) in [4.78, 5) is 17.7. The molecule has 104 valence electrons. The number of nitrogen functional groups attached to an aromatic ring is 1. The quantitative estimate of drug-likeness (QED) is 0.935. The van der Waals surface area contributed by atoms with Gasteiger partial charge in [-0.3, -0.25) is 4.79 Å². The van der Waals surface area contributed by atoms with E-state index in [-0.39, 0.29) is 23.2 Å². The second-order valence-electron chi connectivity index (χ2n) is 4.56. The first-order chi connectivity index (χ1) is 9.50. The largest absolute Gasteiger partial charge is 0.384 e. The minimum absolute atomic E-state index is 0.246. The van der Waals surface area contributed by atoms with Crippen LogP contribution in [0.15, 0.2) is 42.5 Å². The van der Waals surface area contributed by atoms with Gasteiger partial charge in [-0.15, -0.1) is 0 Å². The van der Waals surface area contributed by atoms with E-state index < -0.39 is 6.04 Å². The third-order valence-electron chi connectivity index (χ3n) is 3.25. The van der Waals surface area contributed by atoms with Gasteiger partial charge in [0, 0.05) is 12.6 Å². The monoisotopic (exact) mass is 273 g/mol. The van der Waals surface area contributed by atoms with Crippen LogP contribution < -0.4 is 5.73 Å². The minimum Gasteiger partial charge on any atom is -0.384 e. The molecule has 1 atom stereocenters. The third kappa shape index (κ3) is 2.77. The van der Waals surface area contributed by atoms with Crippen molar-refractivity contribution in [1.29, 1.82) is 0 Å². The summed E-state index contributed by atoms with van der Waals surface area (Å²) in [6.45, 7) is 1.77. The number of anilines is 1. The number of amides is 1. The topological polar surface area (TPSA) is 59.2 Å². The molecular weight excluding hydrogens is 257 g/mol. The second-order valence-corrected chi connectivity index (χ2v) is 4.56. The van der Waals surface area contributed by atoms with E-state index in [2.05, 4.69) is 4.98 Å². The maximum atomic E-state index is 13.8. The Bertz CT molecular complexity index is 630. The lowest BCUT2D eigenvalue weighted by atomic mass is 10.1. The molecule has 0 aliphatic rings. The van der Waals surface area contributed by atoms with E-state index in [1.165, 1.54) is 11.0 Å². The van der Waals surface area contributed by atoms with Gasteiger partial charge in [0.15, 0.2) is 0 Å². The molecule has 1 aromatic heterocycles. The molecule has 20 heavy (non-hydrogen) atoms. The van der Waals surface area contributed by atoms with E-state index in [1.54, 1.807) is 50.4 Å². The van der Waals surface area contributed by atoms with Gasteiger partial charge in [-0.2, -0.15) is 0 Å². The van der Waals surface area contributed by atoms with Crippen molar-refractivity contribution in [3.63, 3.8) is 0 Å². The molecule has 0 saturated carbocycles. The molecule has 0 spiro atoms. The summed E-state index contributed by atoms with van der Waals surface area (Å²) >= 11 is 0. The molecule has 0 saturated heterocycles. The van der Waals surface area contributed by atoms with Crippen molar-refractivity contribution in [3.8, 4) is 0 Å². The van der Waals surface area contributed by atoms with Gasteiger partial charge in [0.1, 0.15) is 17.3 Å². The van der Waals surface area contributed by atoms with Crippen LogP contribution in [0, 0.1) is 5.82 Å². The van der Waals surface area contributed by atoms with Crippen LogP contribution in [-0.4, -0.2) is 22.8 Å². The smallest absolute Gasteiger partial charge is 0.272 e. The summed E-state index contributed by atoms with van der Waals surface area (Å²) in [6, 6.07) is 10.9. The third-order valence-corrected chi connectivity index (χ3v) is 3.25. The van der Waals surface area contributed by atoms with E-state index in [9.17, 15) is 9.18 Å². The van der Waals surface area contributed by atoms with Crippen LogP contribution in [0.4, 0.5) is 10.2 Å². The molecule has 0 aliphatic carbocycles. The first kappa shape index (κ1) is 14.0. The lowest BCUT2D eigenvalue weighted by Gasteiger charge is -2.25. The zero-order valence-corrected chi connectivity index (χ0v) is 11.4. The average molecular weight is 273 g/mol. The predicted molar refractivity (Wildman–Crippen MR) is 75.6 cm³/mol. The van der Waals surface area contributed by atoms with Crippen molar-refractivity contribution in [2.45, 2.75) is 13.0 Å². The van der Waals surface area contributed by atoms with Gasteiger partial charge < -0.3 is 10.6 Å². The van der Waals surface area contributed by atoms with E-state index in [0.29, 0.717) is 5.56 Å². The van der Waals surface area contributed by atoms with Crippen LogP contribution in [0.1, 0.15) is 29.0 Å². The van der Waals surface area contributed by atoms with Gasteiger partial charge in [0.05, 0.1) is 6.04 Å². The minimum atomic E-state index is -0.396. The molecule has 5 heteroatoms. The summed E-state index contributed by atoms with van der Waals surface area (Å²) < 4.78 is 13.8. The number of nitrogens with zero attached hydrogens (tertiary/aromatic N) is 2. The normalized spacial score (nSPS) is 11.9. The molecular formula is C15H16FN3O. The number of halogens is 1. The summed E-state index contributed by atoms with van der Waals surface area (Å²) in [5.74, 6) is -0.351. The molecule has 1 unspecified atom stereocenters. The maximum absolute atomic E-state index is 13.8. The maximum Gasteiger partial charge on any atom is 0.272 e. The zero-order valence-electron chi connectivity index (χ0n) is 11.4. The summed E-state index contributed by atoms with van der Waals surface area (Å²) in [5, 5.41) is 0. The fourth-order valence-electron chi connectivity index (χ4n) is 1.95. The van der Waals surface area contributed by atoms with Crippen LogP contribution in [0.25, 0.3) is 0 Å². The van der Waals surface area contributed by atoms with Crippen molar-refractivity contribution >= 4 is 11.7 Å². The SMILES string of the molecule is CC(c1ccccc1F)N(C)C(=O)c1cccc(N)n1. The Labute approximate surface area is 117 Å². The van der Waals surface area contributed by atoms with Crippen molar-refractivity contribution in [1.82, 2.24) is 9.88 Å². The second kappa shape index (κ2) is 5.69. The highest BCUT2D eigenvalue weighted by molar-refractivity contribution is 5.92. The summed E-state index contributed by atoms with van der Waals surface area (Å²) in [6.07, 6.45) is 0. The van der Waals surface area contributed by atoms with Crippen molar-refractivity contribution in [2.24, 2.45) is 0 Å². The molecule has 0 bridgehead atoms. The van der Waals surface area contributed by atoms with E-state index in [1.807, 2.05) is 0 Å². The number of aromatic nitrogens is 1. The molecule has 0 fully saturated rings. The van der Waals surface area contributed by atoms with Gasteiger partial charge in [-0.05, 0) is 25.1 Å². The first-order valence-electron chi connectivity index (χ1n) is 6.25. The fourth-order valence-corrected chi connectivity index (χ4v) is 1.95. The summed E-state index contributed by atoms with van der Waals surface area (Å²) in [5.41, 5.74) is 6.28. The number of hydrogen-bond acceptors (Lipinski definition) is 3. The number of nitrogens with two attached hydrogens (primary N) is 1. The highest BCUT2D eigenvalue weighted by Crippen LogP contribution is 2.22. The Kier molecular flexibility index (Phi) is 3.98. The van der Waals surface area contributed by atoms with E-state index >= 15 is 0 Å². The molecule has 2 rings (SSSR count). The highest BCUT2D eigenvalue weighted by Gasteiger charge is 2.21. The van der Waals surface area contributed by atoms with Crippen LogP contribution >= 0.6 is 0 Å². The van der Waals surface area contributed by atoms with Crippen molar-refractivity contribution in [3.05, 3.63) is 59.5 Å². The molecule has 0 radical (unpaired) electrons. The molecule has 2 N–H and O–H groups in total. The Balaban J connectivity index is 2.25. The number of benzene rings is 1. The highest BCUT2D eigenvalue weighted by atomic mass is 19.1. The fraction of sp³-hybridized carbons (Fsp3) is 0.200. The first-order valence-corrected chi connectivity index (χ1v) is 6.25. The van der Waals surface area contributed by atoms with E-state index in [4.69, 9.17) is 5.73 Å². The van der Waals surface area contributed by atoms with Gasteiger partial charge in [-0.25, -0.2) is 9.37 Å². The number of hydrogen-bond donors (Lipinski definition) is 1. The van der Waals surface area contributed by atoms with Crippen LogP contribution in [0.3, 0.4) is 0 Å². The Hall–Kier alpha value is -2.43. The van der Waals surface area contributed by atoms with Gasteiger partial charge in [0.25, 0.3) is 5.91 Å². The Morgan fingerprint density at radius 2 is 1.95 bits per heavy atom. The number of pyridine rings is 1.